The maximum Gasteiger partial charge on any atom is 0.193 e. The molecule has 16 heavy (non-hydrogen) atoms. The van der Waals surface area contributed by atoms with Crippen LogP contribution in [0.1, 0.15) is 18.6 Å². The van der Waals surface area contributed by atoms with Crippen molar-refractivity contribution >= 4 is 21.4 Å². The van der Waals surface area contributed by atoms with Crippen molar-refractivity contribution in [1.82, 2.24) is 5.32 Å². The molecule has 0 aliphatic carbocycles. The SMILES string of the molecule is O=S1(=O)CCCC1CNCc1ccc(Cl)o1. The Morgan fingerprint density at radius 1 is 1.50 bits per heavy atom. The molecule has 0 radical (unpaired) electrons. The first-order valence-corrected chi connectivity index (χ1v) is 7.34. The average Bonchev–Trinajstić information content (AvgIpc) is 2.74. The summed E-state index contributed by atoms with van der Waals surface area (Å²) < 4.78 is 28.2. The van der Waals surface area contributed by atoms with E-state index in [1.165, 1.54) is 0 Å². The van der Waals surface area contributed by atoms with Gasteiger partial charge in [0.25, 0.3) is 0 Å². The second-order valence-electron chi connectivity index (χ2n) is 3.97. The quantitative estimate of drug-likeness (QED) is 0.896. The first-order chi connectivity index (χ1) is 7.58. The first kappa shape index (κ1) is 12.0. The number of hydrogen-bond donors (Lipinski definition) is 1. The largest absolute Gasteiger partial charge is 0.448 e. The molecule has 2 rings (SSSR count). The molecule has 0 amide bonds. The van der Waals surface area contributed by atoms with E-state index in [-0.39, 0.29) is 5.25 Å². The van der Waals surface area contributed by atoms with Crippen molar-refractivity contribution in [2.24, 2.45) is 0 Å². The molecule has 0 spiro atoms. The zero-order valence-corrected chi connectivity index (χ0v) is 10.4. The molecule has 1 aliphatic rings. The van der Waals surface area contributed by atoms with Gasteiger partial charge >= 0.3 is 0 Å². The number of nitrogens with one attached hydrogen (secondary N) is 1. The standard InChI is InChI=1S/C10H14ClNO3S/c11-10-4-3-8(15-10)6-12-7-9-2-1-5-16(9,13)14/h3-4,9,12H,1-2,5-7H2. The summed E-state index contributed by atoms with van der Waals surface area (Å²) in [5, 5.41) is 3.20. The predicted molar refractivity (Wildman–Crippen MR) is 62.2 cm³/mol. The Kier molecular flexibility index (Phi) is 3.56. The van der Waals surface area contributed by atoms with Crippen LogP contribution in [0.25, 0.3) is 0 Å². The summed E-state index contributed by atoms with van der Waals surface area (Å²) in [5.74, 6) is 1.05. The molecular formula is C10H14ClNO3S. The van der Waals surface area contributed by atoms with Gasteiger partial charge in [-0.05, 0) is 36.6 Å². The number of rotatable bonds is 4. The highest BCUT2D eigenvalue weighted by Gasteiger charge is 2.30. The molecule has 1 saturated heterocycles. The molecule has 1 atom stereocenters. The fourth-order valence-electron chi connectivity index (χ4n) is 1.89. The van der Waals surface area contributed by atoms with Gasteiger partial charge in [-0.1, -0.05) is 0 Å². The molecule has 90 valence electrons. The Morgan fingerprint density at radius 2 is 2.31 bits per heavy atom. The Morgan fingerprint density at radius 3 is 2.88 bits per heavy atom. The van der Waals surface area contributed by atoms with Gasteiger partial charge < -0.3 is 9.73 Å². The Balaban J connectivity index is 1.80. The third-order valence-electron chi connectivity index (χ3n) is 2.76. The number of sulfone groups is 1. The van der Waals surface area contributed by atoms with E-state index in [1.807, 2.05) is 0 Å². The molecule has 1 N–H and O–H groups in total. The predicted octanol–water partition coefficient (Wildman–Crippen LogP) is 1.60. The van der Waals surface area contributed by atoms with E-state index in [1.54, 1.807) is 12.1 Å². The van der Waals surface area contributed by atoms with Crippen molar-refractivity contribution in [2.45, 2.75) is 24.6 Å². The molecule has 1 fully saturated rings. The Labute approximate surface area is 99.9 Å². The summed E-state index contributed by atoms with van der Waals surface area (Å²) >= 11 is 5.62. The highest BCUT2D eigenvalue weighted by atomic mass is 35.5. The first-order valence-electron chi connectivity index (χ1n) is 5.24. The van der Waals surface area contributed by atoms with Gasteiger partial charge in [0, 0.05) is 6.54 Å². The molecule has 1 aliphatic heterocycles. The van der Waals surface area contributed by atoms with Gasteiger partial charge in [0.05, 0.1) is 17.5 Å². The molecule has 0 aromatic carbocycles. The third kappa shape index (κ3) is 2.78. The normalized spacial score (nSPS) is 23.7. The summed E-state index contributed by atoms with van der Waals surface area (Å²) in [4.78, 5) is 0. The van der Waals surface area contributed by atoms with Crippen LogP contribution in [0.3, 0.4) is 0 Å². The monoisotopic (exact) mass is 263 g/mol. The summed E-state index contributed by atoms with van der Waals surface area (Å²) in [6.07, 6.45) is 1.54. The molecule has 1 aromatic rings. The number of halogens is 1. The van der Waals surface area contributed by atoms with Crippen LogP contribution in [-0.4, -0.2) is 26.0 Å². The fourth-order valence-corrected chi connectivity index (χ4v) is 3.85. The minimum Gasteiger partial charge on any atom is -0.448 e. The van der Waals surface area contributed by atoms with Crippen molar-refractivity contribution in [3.63, 3.8) is 0 Å². The van der Waals surface area contributed by atoms with Crippen LogP contribution in [0.4, 0.5) is 0 Å². The van der Waals surface area contributed by atoms with E-state index in [9.17, 15) is 8.42 Å². The van der Waals surface area contributed by atoms with Gasteiger partial charge in [0.2, 0.25) is 0 Å². The maximum atomic E-state index is 11.5. The van der Waals surface area contributed by atoms with Crippen molar-refractivity contribution in [3.8, 4) is 0 Å². The van der Waals surface area contributed by atoms with Crippen molar-refractivity contribution in [3.05, 3.63) is 23.1 Å². The summed E-state index contributed by atoms with van der Waals surface area (Å²) in [5.41, 5.74) is 0. The van der Waals surface area contributed by atoms with Crippen LogP contribution < -0.4 is 5.32 Å². The van der Waals surface area contributed by atoms with E-state index >= 15 is 0 Å². The molecule has 6 heteroatoms. The summed E-state index contributed by atoms with van der Waals surface area (Å²) in [6, 6.07) is 3.45. The lowest BCUT2D eigenvalue weighted by Gasteiger charge is -2.09. The van der Waals surface area contributed by atoms with Crippen LogP contribution in [0.5, 0.6) is 0 Å². The van der Waals surface area contributed by atoms with Crippen LogP contribution >= 0.6 is 11.6 Å². The lowest BCUT2D eigenvalue weighted by atomic mass is 10.2. The third-order valence-corrected chi connectivity index (χ3v) is 5.24. The van der Waals surface area contributed by atoms with E-state index < -0.39 is 9.84 Å². The Hall–Kier alpha value is -0.520. The molecular weight excluding hydrogens is 250 g/mol. The van der Waals surface area contributed by atoms with Gasteiger partial charge in [-0.25, -0.2) is 8.42 Å². The number of furan rings is 1. The molecule has 0 bridgehead atoms. The van der Waals surface area contributed by atoms with Gasteiger partial charge in [-0.2, -0.15) is 0 Å². The van der Waals surface area contributed by atoms with E-state index in [0.717, 1.165) is 18.6 Å². The minimum atomic E-state index is -2.86. The van der Waals surface area contributed by atoms with Gasteiger partial charge in [-0.15, -0.1) is 0 Å². The van der Waals surface area contributed by atoms with Crippen LogP contribution in [0.15, 0.2) is 16.5 Å². The zero-order valence-electron chi connectivity index (χ0n) is 8.78. The molecule has 0 saturated carbocycles. The molecule has 1 unspecified atom stereocenters. The fraction of sp³-hybridized carbons (Fsp3) is 0.600. The maximum absolute atomic E-state index is 11.5. The average molecular weight is 264 g/mol. The van der Waals surface area contributed by atoms with Crippen LogP contribution in [0, 0.1) is 0 Å². The number of hydrogen-bond acceptors (Lipinski definition) is 4. The van der Waals surface area contributed by atoms with Crippen molar-refractivity contribution in [1.29, 1.82) is 0 Å². The molecule has 2 heterocycles. The highest BCUT2D eigenvalue weighted by molar-refractivity contribution is 7.92. The van der Waals surface area contributed by atoms with Crippen LogP contribution in [0.2, 0.25) is 5.22 Å². The summed E-state index contributed by atoms with van der Waals surface area (Å²) in [7, 11) is -2.86. The summed E-state index contributed by atoms with van der Waals surface area (Å²) in [6.45, 7) is 0.999. The molecule has 1 aromatic heterocycles. The van der Waals surface area contributed by atoms with E-state index in [0.29, 0.717) is 24.1 Å². The smallest absolute Gasteiger partial charge is 0.193 e. The molecule has 4 nitrogen and oxygen atoms in total. The van der Waals surface area contributed by atoms with Crippen LogP contribution in [-0.2, 0) is 16.4 Å². The topological polar surface area (TPSA) is 59.3 Å². The second kappa shape index (κ2) is 4.77. The van der Waals surface area contributed by atoms with Crippen molar-refractivity contribution < 1.29 is 12.8 Å². The Bertz CT molecular complexity index is 454. The lowest BCUT2D eigenvalue weighted by molar-refractivity contribution is 0.480. The second-order valence-corrected chi connectivity index (χ2v) is 6.74. The van der Waals surface area contributed by atoms with Gasteiger partial charge in [-0.3, -0.25) is 0 Å². The van der Waals surface area contributed by atoms with Crippen molar-refractivity contribution in [2.75, 3.05) is 12.3 Å². The van der Waals surface area contributed by atoms with E-state index in [4.69, 9.17) is 16.0 Å². The minimum absolute atomic E-state index is 0.238. The zero-order chi connectivity index (χ0) is 11.6. The van der Waals surface area contributed by atoms with E-state index in [2.05, 4.69) is 5.32 Å². The van der Waals surface area contributed by atoms with Gasteiger partial charge in [0.1, 0.15) is 5.76 Å². The highest BCUT2D eigenvalue weighted by Crippen LogP contribution is 2.19. The van der Waals surface area contributed by atoms with Gasteiger partial charge in [0.15, 0.2) is 15.1 Å². The lowest BCUT2D eigenvalue weighted by Crippen LogP contribution is -2.30.